The zero-order valence-electron chi connectivity index (χ0n) is 9.09. The van der Waals surface area contributed by atoms with E-state index in [1.54, 1.807) is 0 Å². The predicted octanol–water partition coefficient (Wildman–Crippen LogP) is 1.42. The van der Waals surface area contributed by atoms with Gasteiger partial charge in [-0.2, -0.15) is 0 Å². The molecule has 0 spiro atoms. The third-order valence-electron chi connectivity index (χ3n) is 3.10. The van der Waals surface area contributed by atoms with Crippen molar-refractivity contribution in [2.45, 2.75) is 51.5 Å². The monoisotopic (exact) mass is 198 g/mol. The standard InChI is InChI=1S/C11H22N2O/c1-2-10(12)11(14)13-8-7-9-5-3-4-6-9/h9-10H,2-8,12H2,1H3,(H,13,14). The van der Waals surface area contributed by atoms with E-state index < -0.39 is 0 Å². The first-order valence-electron chi connectivity index (χ1n) is 5.77. The Labute approximate surface area is 86.4 Å². The van der Waals surface area contributed by atoms with Gasteiger partial charge in [0.25, 0.3) is 0 Å². The smallest absolute Gasteiger partial charge is 0.236 e. The van der Waals surface area contributed by atoms with E-state index in [0.717, 1.165) is 25.3 Å². The second-order valence-corrected chi connectivity index (χ2v) is 4.24. The number of amides is 1. The Morgan fingerprint density at radius 1 is 1.50 bits per heavy atom. The van der Waals surface area contributed by atoms with Gasteiger partial charge >= 0.3 is 0 Å². The van der Waals surface area contributed by atoms with Gasteiger partial charge in [0.15, 0.2) is 0 Å². The molecule has 1 unspecified atom stereocenters. The van der Waals surface area contributed by atoms with Gasteiger partial charge in [-0.05, 0) is 18.8 Å². The van der Waals surface area contributed by atoms with Crippen molar-refractivity contribution in [3.63, 3.8) is 0 Å². The number of nitrogens with one attached hydrogen (secondary N) is 1. The molecule has 3 heteroatoms. The topological polar surface area (TPSA) is 55.1 Å². The highest BCUT2D eigenvalue weighted by molar-refractivity contribution is 5.81. The molecule has 0 heterocycles. The van der Waals surface area contributed by atoms with E-state index in [4.69, 9.17) is 5.73 Å². The van der Waals surface area contributed by atoms with Crippen LogP contribution in [0.25, 0.3) is 0 Å². The third-order valence-corrected chi connectivity index (χ3v) is 3.10. The molecule has 0 aromatic heterocycles. The maximum Gasteiger partial charge on any atom is 0.236 e. The minimum absolute atomic E-state index is 0.00509. The van der Waals surface area contributed by atoms with Crippen molar-refractivity contribution in [2.75, 3.05) is 6.54 Å². The van der Waals surface area contributed by atoms with Crippen LogP contribution >= 0.6 is 0 Å². The Balaban J connectivity index is 2.05. The summed E-state index contributed by atoms with van der Waals surface area (Å²) in [5.74, 6) is 0.846. The number of nitrogens with two attached hydrogens (primary N) is 1. The quantitative estimate of drug-likeness (QED) is 0.702. The van der Waals surface area contributed by atoms with Crippen molar-refractivity contribution in [3.05, 3.63) is 0 Å². The molecular weight excluding hydrogens is 176 g/mol. The van der Waals surface area contributed by atoms with Crippen molar-refractivity contribution >= 4 is 5.91 Å². The summed E-state index contributed by atoms with van der Waals surface area (Å²) in [6.45, 7) is 2.73. The molecule has 0 saturated heterocycles. The highest BCUT2D eigenvalue weighted by Crippen LogP contribution is 2.26. The molecule has 1 saturated carbocycles. The number of rotatable bonds is 5. The minimum atomic E-state index is -0.321. The molecule has 3 N–H and O–H groups in total. The lowest BCUT2D eigenvalue weighted by Gasteiger charge is -2.12. The average Bonchev–Trinajstić information content (AvgIpc) is 2.69. The highest BCUT2D eigenvalue weighted by atomic mass is 16.2. The van der Waals surface area contributed by atoms with Gasteiger partial charge in [-0.1, -0.05) is 32.6 Å². The van der Waals surface area contributed by atoms with E-state index >= 15 is 0 Å². The third kappa shape index (κ3) is 3.66. The molecule has 1 aliphatic rings. The van der Waals surface area contributed by atoms with Crippen molar-refractivity contribution in [1.82, 2.24) is 5.32 Å². The first-order valence-corrected chi connectivity index (χ1v) is 5.77. The van der Waals surface area contributed by atoms with Gasteiger partial charge in [0.1, 0.15) is 0 Å². The van der Waals surface area contributed by atoms with Gasteiger partial charge in [0.05, 0.1) is 6.04 Å². The molecule has 0 aliphatic heterocycles. The molecular formula is C11H22N2O. The number of hydrogen-bond donors (Lipinski definition) is 2. The van der Waals surface area contributed by atoms with E-state index in [1.165, 1.54) is 25.7 Å². The van der Waals surface area contributed by atoms with Gasteiger partial charge in [0.2, 0.25) is 5.91 Å². The summed E-state index contributed by atoms with van der Waals surface area (Å²) in [5, 5.41) is 2.90. The van der Waals surface area contributed by atoms with Crippen molar-refractivity contribution < 1.29 is 4.79 Å². The van der Waals surface area contributed by atoms with E-state index in [0.29, 0.717) is 0 Å². The van der Waals surface area contributed by atoms with Gasteiger partial charge in [0, 0.05) is 6.54 Å². The molecule has 1 fully saturated rings. The molecule has 1 rings (SSSR count). The van der Waals surface area contributed by atoms with E-state index in [1.807, 2.05) is 6.92 Å². The lowest BCUT2D eigenvalue weighted by atomic mass is 10.0. The predicted molar refractivity (Wildman–Crippen MR) is 57.9 cm³/mol. The summed E-state index contributed by atoms with van der Waals surface area (Å²) >= 11 is 0. The summed E-state index contributed by atoms with van der Waals surface area (Å²) in [5.41, 5.74) is 5.60. The molecule has 0 bridgehead atoms. The molecule has 82 valence electrons. The van der Waals surface area contributed by atoms with Crippen LogP contribution in [0.1, 0.15) is 45.4 Å². The van der Waals surface area contributed by atoms with Gasteiger partial charge in [-0.3, -0.25) is 4.79 Å². The van der Waals surface area contributed by atoms with Crippen molar-refractivity contribution in [2.24, 2.45) is 11.7 Å². The van der Waals surface area contributed by atoms with Crippen LogP contribution in [-0.4, -0.2) is 18.5 Å². The number of carbonyl (C=O) groups is 1. The molecule has 3 nitrogen and oxygen atoms in total. The summed E-state index contributed by atoms with van der Waals surface area (Å²) in [6.07, 6.45) is 7.27. The van der Waals surface area contributed by atoms with Crippen molar-refractivity contribution in [3.8, 4) is 0 Å². The highest BCUT2D eigenvalue weighted by Gasteiger charge is 2.15. The molecule has 0 radical (unpaired) electrons. The minimum Gasteiger partial charge on any atom is -0.355 e. The lowest BCUT2D eigenvalue weighted by molar-refractivity contribution is -0.122. The van der Waals surface area contributed by atoms with E-state index in [2.05, 4.69) is 5.32 Å². The lowest BCUT2D eigenvalue weighted by Crippen LogP contribution is -2.40. The maximum atomic E-state index is 11.3. The van der Waals surface area contributed by atoms with Crippen LogP contribution in [0.15, 0.2) is 0 Å². The van der Waals surface area contributed by atoms with Crippen LogP contribution in [-0.2, 0) is 4.79 Å². The van der Waals surface area contributed by atoms with Crippen LogP contribution in [0.4, 0.5) is 0 Å². The number of carbonyl (C=O) groups excluding carboxylic acids is 1. The number of hydrogen-bond acceptors (Lipinski definition) is 2. The first-order chi connectivity index (χ1) is 6.74. The van der Waals surface area contributed by atoms with E-state index in [-0.39, 0.29) is 11.9 Å². The summed E-state index contributed by atoms with van der Waals surface area (Å²) in [7, 11) is 0. The zero-order chi connectivity index (χ0) is 10.4. The van der Waals surface area contributed by atoms with E-state index in [9.17, 15) is 4.79 Å². The Morgan fingerprint density at radius 2 is 2.14 bits per heavy atom. The largest absolute Gasteiger partial charge is 0.355 e. The molecule has 1 amide bonds. The Hall–Kier alpha value is -0.570. The fraction of sp³-hybridized carbons (Fsp3) is 0.909. The summed E-state index contributed by atoms with van der Waals surface area (Å²) in [4.78, 5) is 11.3. The Morgan fingerprint density at radius 3 is 2.71 bits per heavy atom. The second kappa shape index (κ2) is 6.02. The van der Waals surface area contributed by atoms with Crippen LogP contribution < -0.4 is 11.1 Å². The summed E-state index contributed by atoms with van der Waals surface area (Å²) in [6, 6.07) is -0.321. The first kappa shape index (κ1) is 11.5. The SMILES string of the molecule is CCC(N)C(=O)NCCC1CCCC1. The van der Waals surface area contributed by atoms with Crippen LogP contribution in [0, 0.1) is 5.92 Å². The van der Waals surface area contributed by atoms with Crippen LogP contribution in [0.3, 0.4) is 0 Å². The fourth-order valence-electron chi connectivity index (χ4n) is 2.02. The zero-order valence-corrected chi connectivity index (χ0v) is 9.09. The second-order valence-electron chi connectivity index (χ2n) is 4.24. The molecule has 1 atom stereocenters. The maximum absolute atomic E-state index is 11.3. The molecule has 0 aromatic carbocycles. The molecule has 14 heavy (non-hydrogen) atoms. The molecule has 1 aliphatic carbocycles. The Bertz CT molecular complexity index is 176. The normalized spacial score (nSPS) is 19.6. The van der Waals surface area contributed by atoms with Crippen LogP contribution in [0.5, 0.6) is 0 Å². The fourth-order valence-corrected chi connectivity index (χ4v) is 2.02. The average molecular weight is 198 g/mol. The van der Waals surface area contributed by atoms with Gasteiger partial charge in [-0.25, -0.2) is 0 Å². The Kier molecular flexibility index (Phi) is 4.94. The molecule has 0 aromatic rings. The van der Waals surface area contributed by atoms with Crippen molar-refractivity contribution in [1.29, 1.82) is 0 Å². The van der Waals surface area contributed by atoms with Gasteiger partial charge < -0.3 is 11.1 Å². The van der Waals surface area contributed by atoms with Crippen LogP contribution in [0.2, 0.25) is 0 Å². The van der Waals surface area contributed by atoms with Gasteiger partial charge in [-0.15, -0.1) is 0 Å². The summed E-state index contributed by atoms with van der Waals surface area (Å²) < 4.78 is 0.